The van der Waals surface area contributed by atoms with Crippen molar-refractivity contribution in [1.82, 2.24) is 9.80 Å². The minimum Gasteiger partial charge on any atom is -0.481 e. The molecule has 8 nitrogen and oxygen atoms in total. The highest BCUT2D eigenvalue weighted by atomic mass is 16.4. The molecule has 114 valence electrons. The van der Waals surface area contributed by atoms with Crippen molar-refractivity contribution in [3.05, 3.63) is 0 Å². The van der Waals surface area contributed by atoms with Gasteiger partial charge < -0.3 is 5.11 Å². The zero-order valence-corrected chi connectivity index (χ0v) is 11.4. The molecule has 0 bridgehead atoms. The SMILES string of the molecule is O=C(O)CCC(CN1C(=O)CCC1=O)N1C(=O)CCC1=O. The molecule has 0 aromatic carbocycles. The first-order valence-electron chi connectivity index (χ1n) is 6.80. The summed E-state index contributed by atoms with van der Waals surface area (Å²) in [5.74, 6) is -2.51. The maximum Gasteiger partial charge on any atom is 0.303 e. The highest BCUT2D eigenvalue weighted by molar-refractivity contribution is 6.03. The van der Waals surface area contributed by atoms with Crippen LogP contribution in [0.4, 0.5) is 0 Å². The summed E-state index contributed by atoms with van der Waals surface area (Å²) in [5.41, 5.74) is 0. The lowest BCUT2D eigenvalue weighted by Gasteiger charge is -2.29. The van der Waals surface area contributed by atoms with Gasteiger partial charge in [-0.15, -0.1) is 0 Å². The van der Waals surface area contributed by atoms with E-state index in [1.165, 1.54) is 0 Å². The summed E-state index contributed by atoms with van der Waals surface area (Å²) >= 11 is 0. The highest BCUT2D eigenvalue weighted by Gasteiger charge is 2.39. The third-order valence-electron chi connectivity index (χ3n) is 3.69. The molecule has 1 atom stereocenters. The Balaban J connectivity index is 2.13. The molecule has 2 saturated heterocycles. The van der Waals surface area contributed by atoms with Crippen LogP contribution in [0, 0.1) is 0 Å². The van der Waals surface area contributed by atoms with Crippen molar-refractivity contribution in [2.75, 3.05) is 6.54 Å². The molecule has 0 saturated carbocycles. The van der Waals surface area contributed by atoms with E-state index in [4.69, 9.17) is 5.11 Å². The number of rotatable bonds is 6. The van der Waals surface area contributed by atoms with Crippen molar-refractivity contribution in [3.63, 3.8) is 0 Å². The average Bonchev–Trinajstić information content (AvgIpc) is 2.90. The van der Waals surface area contributed by atoms with Gasteiger partial charge in [-0.05, 0) is 6.42 Å². The molecule has 2 aliphatic heterocycles. The van der Waals surface area contributed by atoms with Crippen molar-refractivity contribution in [3.8, 4) is 0 Å². The van der Waals surface area contributed by atoms with Gasteiger partial charge in [0.1, 0.15) is 0 Å². The van der Waals surface area contributed by atoms with E-state index < -0.39 is 12.0 Å². The van der Waals surface area contributed by atoms with Gasteiger partial charge >= 0.3 is 5.97 Å². The van der Waals surface area contributed by atoms with Crippen LogP contribution in [0.25, 0.3) is 0 Å². The maximum absolute atomic E-state index is 11.8. The Morgan fingerprint density at radius 2 is 1.43 bits per heavy atom. The fraction of sp³-hybridized carbons (Fsp3) is 0.615. The van der Waals surface area contributed by atoms with Gasteiger partial charge in [0.15, 0.2) is 0 Å². The molecule has 21 heavy (non-hydrogen) atoms. The Morgan fingerprint density at radius 1 is 0.952 bits per heavy atom. The van der Waals surface area contributed by atoms with Gasteiger partial charge in [0.2, 0.25) is 23.6 Å². The molecule has 0 aromatic heterocycles. The van der Waals surface area contributed by atoms with Gasteiger partial charge in [-0.25, -0.2) is 0 Å². The van der Waals surface area contributed by atoms with Crippen LogP contribution in [-0.2, 0) is 24.0 Å². The second kappa shape index (κ2) is 6.02. The highest BCUT2D eigenvalue weighted by Crippen LogP contribution is 2.22. The van der Waals surface area contributed by atoms with Crippen molar-refractivity contribution in [2.24, 2.45) is 0 Å². The van der Waals surface area contributed by atoms with Crippen molar-refractivity contribution < 1.29 is 29.1 Å². The summed E-state index contributed by atoms with van der Waals surface area (Å²) in [5, 5.41) is 8.77. The van der Waals surface area contributed by atoms with E-state index in [1.54, 1.807) is 0 Å². The monoisotopic (exact) mass is 296 g/mol. The number of likely N-dealkylation sites (tertiary alicyclic amines) is 2. The zero-order chi connectivity index (χ0) is 15.6. The number of carbonyl (C=O) groups is 5. The molecule has 4 amide bonds. The number of carboxylic acid groups (broad SMARTS) is 1. The third-order valence-corrected chi connectivity index (χ3v) is 3.69. The molecule has 1 unspecified atom stereocenters. The van der Waals surface area contributed by atoms with Gasteiger partial charge in [0.25, 0.3) is 0 Å². The van der Waals surface area contributed by atoms with E-state index in [-0.39, 0.29) is 68.7 Å². The molecule has 8 heteroatoms. The van der Waals surface area contributed by atoms with Crippen LogP contribution in [0.2, 0.25) is 0 Å². The molecular weight excluding hydrogens is 280 g/mol. The Morgan fingerprint density at radius 3 is 1.90 bits per heavy atom. The Bertz CT molecular complexity index is 483. The number of carbonyl (C=O) groups excluding carboxylic acids is 4. The van der Waals surface area contributed by atoms with Crippen LogP contribution in [0.1, 0.15) is 38.5 Å². The van der Waals surface area contributed by atoms with Gasteiger partial charge in [0.05, 0.1) is 6.04 Å². The number of hydrogen-bond donors (Lipinski definition) is 1. The van der Waals surface area contributed by atoms with E-state index in [0.29, 0.717) is 0 Å². The van der Waals surface area contributed by atoms with Crippen LogP contribution in [0.3, 0.4) is 0 Å². The molecule has 0 aliphatic carbocycles. The van der Waals surface area contributed by atoms with Crippen LogP contribution >= 0.6 is 0 Å². The van der Waals surface area contributed by atoms with Crippen LogP contribution in [-0.4, -0.2) is 57.1 Å². The normalized spacial score (nSPS) is 20.6. The van der Waals surface area contributed by atoms with Gasteiger partial charge in [-0.2, -0.15) is 0 Å². The minimum atomic E-state index is -1.06. The summed E-state index contributed by atoms with van der Waals surface area (Å²) in [6, 6.07) is -0.755. The summed E-state index contributed by atoms with van der Waals surface area (Å²) in [6.45, 7) is -0.109. The molecule has 2 heterocycles. The molecule has 0 spiro atoms. The van der Waals surface area contributed by atoms with Gasteiger partial charge in [0, 0.05) is 38.6 Å². The molecule has 0 radical (unpaired) electrons. The first-order valence-corrected chi connectivity index (χ1v) is 6.80. The van der Waals surface area contributed by atoms with Crippen LogP contribution in [0.5, 0.6) is 0 Å². The number of nitrogens with zero attached hydrogens (tertiary/aromatic N) is 2. The second-order valence-corrected chi connectivity index (χ2v) is 5.14. The predicted molar refractivity (Wildman–Crippen MR) is 67.7 cm³/mol. The van der Waals surface area contributed by atoms with E-state index >= 15 is 0 Å². The van der Waals surface area contributed by atoms with Crippen molar-refractivity contribution >= 4 is 29.6 Å². The summed E-state index contributed by atoms with van der Waals surface area (Å²) in [7, 11) is 0. The predicted octanol–water partition coefficient (Wildman–Crippen LogP) is -0.482. The molecule has 0 aromatic rings. The van der Waals surface area contributed by atoms with Crippen molar-refractivity contribution in [2.45, 2.75) is 44.6 Å². The fourth-order valence-corrected chi connectivity index (χ4v) is 2.63. The minimum absolute atomic E-state index is 0.0316. The van der Waals surface area contributed by atoms with E-state index in [2.05, 4.69) is 0 Å². The summed E-state index contributed by atoms with van der Waals surface area (Å²) in [4.78, 5) is 59.6. The number of aliphatic carboxylic acids is 1. The molecule has 2 aliphatic rings. The lowest BCUT2D eigenvalue weighted by Crippen LogP contribution is -2.48. The Kier molecular flexibility index (Phi) is 4.35. The fourth-order valence-electron chi connectivity index (χ4n) is 2.63. The third kappa shape index (κ3) is 3.26. The Labute approximate surface area is 120 Å². The largest absolute Gasteiger partial charge is 0.481 e. The van der Waals surface area contributed by atoms with E-state index in [1.807, 2.05) is 0 Å². The zero-order valence-electron chi connectivity index (χ0n) is 11.4. The number of hydrogen-bond acceptors (Lipinski definition) is 5. The average molecular weight is 296 g/mol. The first-order chi connectivity index (χ1) is 9.90. The summed E-state index contributed by atoms with van der Waals surface area (Å²) < 4.78 is 0. The molecule has 2 rings (SSSR count). The lowest BCUT2D eigenvalue weighted by atomic mass is 10.1. The molecule has 2 fully saturated rings. The summed E-state index contributed by atoms with van der Waals surface area (Å²) in [6.07, 6.45) is 0.204. The molecule has 1 N–H and O–H groups in total. The molecular formula is C13H16N2O6. The quantitative estimate of drug-likeness (QED) is 0.662. The van der Waals surface area contributed by atoms with E-state index in [9.17, 15) is 24.0 Å². The van der Waals surface area contributed by atoms with Gasteiger partial charge in [-0.3, -0.25) is 33.8 Å². The number of imide groups is 2. The van der Waals surface area contributed by atoms with E-state index in [0.717, 1.165) is 9.80 Å². The standard InChI is InChI=1S/C13H16N2O6/c16-9-2-3-10(17)14(9)7-8(1-6-13(20)21)15-11(18)4-5-12(15)19/h8H,1-7H2,(H,20,21). The van der Waals surface area contributed by atoms with Crippen molar-refractivity contribution in [1.29, 1.82) is 0 Å². The van der Waals surface area contributed by atoms with Crippen LogP contribution < -0.4 is 0 Å². The Hall–Kier alpha value is -2.25. The first kappa shape index (κ1) is 15.1. The topological polar surface area (TPSA) is 112 Å². The maximum atomic E-state index is 11.8. The van der Waals surface area contributed by atoms with Gasteiger partial charge in [-0.1, -0.05) is 0 Å². The number of carboxylic acids is 1. The smallest absolute Gasteiger partial charge is 0.303 e. The lowest BCUT2D eigenvalue weighted by molar-refractivity contribution is -0.147. The number of amides is 4. The second-order valence-electron chi connectivity index (χ2n) is 5.14. The van der Waals surface area contributed by atoms with Crippen LogP contribution in [0.15, 0.2) is 0 Å².